The first kappa shape index (κ1) is 15.1. The number of benzene rings is 2. The Hall–Kier alpha value is -2.43. The van der Waals surface area contributed by atoms with Crippen LogP contribution < -0.4 is 5.73 Å². The van der Waals surface area contributed by atoms with Gasteiger partial charge in [-0.1, -0.05) is 35.3 Å². The molecule has 2 heterocycles. The molecule has 0 bridgehead atoms. The first-order valence-electron chi connectivity index (χ1n) is 7.38. The summed E-state index contributed by atoms with van der Waals surface area (Å²) in [6.45, 7) is 0. The van der Waals surface area contributed by atoms with Gasteiger partial charge < -0.3 is 15.3 Å². The normalized spacial score (nSPS) is 11.3. The first-order chi connectivity index (χ1) is 11.5. The van der Waals surface area contributed by atoms with Crippen molar-refractivity contribution in [1.82, 2.24) is 14.5 Å². The topological polar surface area (TPSA) is 59.6 Å². The van der Waals surface area contributed by atoms with Crippen LogP contribution in [0.4, 0.5) is 5.69 Å². The largest absolute Gasteiger partial charge is 0.399 e. The average Bonchev–Trinajstić information content (AvgIpc) is 3.12. The van der Waals surface area contributed by atoms with Crippen LogP contribution in [0.25, 0.3) is 33.4 Å². The number of anilines is 1. The summed E-state index contributed by atoms with van der Waals surface area (Å²) in [6, 6.07) is 11.3. The molecule has 0 saturated carbocycles. The molecule has 0 spiro atoms. The number of nitrogens with one attached hydrogen (secondary N) is 1. The van der Waals surface area contributed by atoms with Gasteiger partial charge in [-0.15, -0.1) is 0 Å². The highest BCUT2D eigenvalue weighted by molar-refractivity contribution is 6.39. The quantitative estimate of drug-likeness (QED) is 0.489. The van der Waals surface area contributed by atoms with Gasteiger partial charge in [-0.25, -0.2) is 4.98 Å². The van der Waals surface area contributed by atoms with Crippen LogP contribution in [0.3, 0.4) is 0 Å². The molecule has 3 N–H and O–H groups in total. The number of rotatable bonds is 2. The molecule has 4 nitrogen and oxygen atoms in total. The second-order valence-corrected chi connectivity index (χ2v) is 6.55. The van der Waals surface area contributed by atoms with E-state index in [0.29, 0.717) is 15.7 Å². The highest BCUT2D eigenvalue weighted by Gasteiger charge is 2.16. The Morgan fingerprint density at radius 1 is 1.12 bits per heavy atom. The molecule has 0 unspecified atom stereocenters. The molecule has 24 heavy (non-hydrogen) atoms. The fourth-order valence-electron chi connectivity index (χ4n) is 2.86. The van der Waals surface area contributed by atoms with E-state index in [1.807, 2.05) is 54.2 Å². The van der Waals surface area contributed by atoms with Gasteiger partial charge in [0, 0.05) is 34.9 Å². The minimum atomic E-state index is 0.636. The molecule has 2 aromatic heterocycles. The standard InChI is InChI=1S/C18H14Cl2N4/c1-24-8-15(22-9-24)13-6-12(21)7-14-16(20)17(23-18(13)14)10-2-4-11(19)5-3-10/h2-9,23H,21H2,1H3. The lowest BCUT2D eigenvalue weighted by Gasteiger charge is -2.02. The molecule has 0 fully saturated rings. The molecular formula is C18H14Cl2N4. The van der Waals surface area contributed by atoms with Gasteiger partial charge in [0.25, 0.3) is 0 Å². The molecule has 0 aliphatic carbocycles. The summed E-state index contributed by atoms with van der Waals surface area (Å²) in [6.07, 6.45) is 3.71. The molecule has 0 aliphatic heterocycles. The van der Waals surface area contributed by atoms with Crippen molar-refractivity contribution in [2.45, 2.75) is 0 Å². The minimum absolute atomic E-state index is 0.636. The monoisotopic (exact) mass is 356 g/mol. The Kier molecular flexibility index (Phi) is 3.52. The Morgan fingerprint density at radius 2 is 1.88 bits per heavy atom. The van der Waals surface area contributed by atoms with E-state index in [-0.39, 0.29) is 0 Å². The number of nitrogens with zero attached hydrogens (tertiary/aromatic N) is 2. The molecule has 0 saturated heterocycles. The number of hydrogen-bond donors (Lipinski definition) is 2. The van der Waals surface area contributed by atoms with Crippen LogP contribution in [0.15, 0.2) is 48.9 Å². The Bertz CT molecular complexity index is 1050. The summed E-state index contributed by atoms with van der Waals surface area (Å²) in [5.74, 6) is 0. The van der Waals surface area contributed by atoms with Crippen molar-refractivity contribution >= 4 is 39.8 Å². The number of halogens is 2. The van der Waals surface area contributed by atoms with E-state index in [9.17, 15) is 0 Å². The van der Waals surface area contributed by atoms with E-state index in [0.717, 1.165) is 33.4 Å². The van der Waals surface area contributed by atoms with Gasteiger partial charge in [0.05, 0.1) is 28.3 Å². The molecule has 0 atom stereocenters. The van der Waals surface area contributed by atoms with E-state index < -0.39 is 0 Å². The van der Waals surface area contributed by atoms with E-state index in [4.69, 9.17) is 28.9 Å². The van der Waals surface area contributed by atoms with Gasteiger partial charge >= 0.3 is 0 Å². The zero-order chi connectivity index (χ0) is 16.8. The smallest absolute Gasteiger partial charge is 0.0951 e. The number of fused-ring (bicyclic) bond motifs is 1. The second kappa shape index (κ2) is 5.58. The van der Waals surface area contributed by atoms with Crippen molar-refractivity contribution in [2.75, 3.05) is 5.73 Å². The van der Waals surface area contributed by atoms with Crippen LogP contribution in [-0.4, -0.2) is 14.5 Å². The van der Waals surface area contributed by atoms with Gasteiger partial charge in [-0.3, -0.25) is 0 Å². The number of hydrogen-bond acceptors (Lipinski definition) is 2. The zero-order valence-corrected chi connectivity index (χ0v) is 14.4. The Morgan fingerprint density at radius 3 is 2.54 bits per heavy atom. The molecule has 0 amide bonds. The van der Waals surface area contributed by atoms with E-state index >= 15 is 0 Å². The summed E-state index contributed by atoms with van der Waals surface area (Å²) in [4.78, 5) is 7.85. The lowest BCUT2D eigenvalue weighted by Crippen LogP contribution is -1.88. The predicted molar refractivity (Wildman–Crippen MR) is 100 cm³/mol. The SMILES string of the molecule is Cn1cnc(-c2cc(N)cc3c(Cl)c(-c4ccc(Cl)cc4)[nH]c23)c1. The number of nitrogen functional groups attached to an aromatic ring is 1. The van der Waals surface area contributed by atoms with Crippen LogP contribution in [0.5, 0.6) is 0 Å². The van der Waals surface area contributed by atoms with Crippen LogP contribution in [0, 0.1) is 0 Å². The zero-order valence-electron chi connectivity index (χ0n) is 12.8. The molecule has 0 radical (unpaired) electrons. The second-order valence-electron chi connectivity index (χ2n) is 5.74. The van der Waals surface area contributed by atoms with Crippen molar-refractivity contribution in [3.63, 3.8) is 0 Å². The summed E-state index contributed by atoms with van der Waals surface area (Å²) < 4.78 is 1.90. The van der Waals surface area contributed by atoms with Crippen molar-refractivity contribution in [3.05, 3.63) is 59.0 Å². The number of aryl methyl sites for hydroxylation is 1. The van der Waals surface area contributed by atoms with Gasteiger partial charge in [0.1, 0.15) is 0 Å². The van der Waals surface area contributed by atoms with Crippen LogP contribution in [0.1, 0.15) is 0 Å². The fraction of sp³-hybridized carbons (Fsp3) is 0.0556. The lowest BCUT2D eigenvalue weighted by atomic mass is 10.1. The number of aromatic nitrogens is 3. The maximum Gasteiger partial charge on any atom is 0.0951 e. The maximum absolute atomic E-state index is 6.62. The molecule has 4 rings (SSSR count). The van der Waals surface area contributed by atoms with Crippen molar-refractivity contribution in [3.8, 4) is 22.5 Å². The molecule has 120 valence electrons. The molecule has 2 aromatic carbocycles. The number of H-pyrrole nitrogens is 1. The molecular weight excluding hydrogens is 343 g/mol. The third kappa shape index (κ3) is 2.44. The van der Waals surface area contributed by atoms with Gasteiger partial charge in [0.2, 0.25) is 0 Å². The Balaban J connectivity index is 1.99. The van der Waals surface area contributed by atoms with Crippen molar-refractivity contribution in [2.24, 2.45) is 7.05 Å². The summed E-state index contributed by atoms with van der Waals surface area (Å²) in [7, 11) is 1.93. The molecule has 6 heteroatoms. The Labute approximate surface area is 148 Å². The third-order valence-corrected chi connectivity index (χ3v) is 4.62. The van der Waals surface area contributed by atoms with Crippen molar-refractivity contribution < 1.29 is 0 Å². The summed E-state index contributed by atoms with van der Waals surface area (Å²) in [5, 5.41) is 2.20. The summed E-state index contributed by atoms with van der Waals surface area (Å²) >= 11 is 12.6. The molecule has 4 aromatic rings. The van der Waals surface area contributed by atoms with Gasteiger partial charge in [0.15, 0.2) is 0 Å². The summed E-state index contributed by atoms with van der Waals surface area (Å²) in [5.41, 5.74) is 11.2. The number of aromatic amines is 1. The highest BCUT2D eigenvalue weighted by Crippen LogP contribution is 2.39. The van der Waals surface area contributed by atoms with E-state index in [1.54, 1.807) is 6.33 Å². The lowest BCUT2D eigenvalue weighted by molar-refractivity contribution is 0.913. The third-order valence-electron chi connectivity index (χ3n) is 3.98. The van der Waals surface area contributed by atoms with Crippen LogP contribution in [-0.2, 0) is 7.05 Å². The predicted octanol–water partition coefficient (Wildman–Crippen LogP) is 5.12. The minimum Gasteiger partial charge on any atom is -0.399 e. The van der Waals surface area contributed by atoms with E-state index in [2.05, 4.69) is 9.97 Å². The van der Waals surface area contributed by atoms with Gasteiger partial charge in [-0.2, -0.15) is 0 Å². The number of nitrogens with two attached hydrogens (primary N) is 1. The van der Waals surface area contributed by atoms with Crippen molar-refractivity contribution in [1.29, 1.82) is 0 Å². The maximum atomic E-state index is 6.62. The number of imidazole rings is 1. The van der Waals surface area contributed by atoms with Crippen LogP contribution >= 0.6 is 23.2 Å². The fourth-order valence-corrected chi connectivity index (χ4v) is 3.29. The molecule has 0 aliphatic rings. The van der Waals surface area contributed by atoms with Gasteiger partial charge in [-0.05, 0) is 29.8 Å². The average molecular weight is 357 g/mol. The van der Waals surface area contributed by atoms with E-state index in [1.165, 1.54) is 0 Å². The highest BCUT2D eigenvalue weighted by atomic mass is 35.5. The first-order valence-corrected chi connectivity index (χ1v) is 8.13. The van der Waals surface area contributed by atoms with Crippen LogP contribution in [0.2, 0.25) is 10.0 Å².